The second-order valence-electron chi connectivity index (χ2n) is 6.12. The van der Waals surface area contributed by atoms with Gasteiger partial charge >= 0.3 is 0 Å². The maximum absolute atomic E-state index is 12.6. The van der Waals surface area contributed by atoms with Crippen LogP contribution in [0, 0.1) is 0 Å². The van der Waals surface area contributed by atoms with Crippen LogP contribution in [-0.2, 0) is 14.3 Å². The summed E-state index contributed by atoms with van der Waals surface area (Å²) >= 11 is 0. The zero-order valence-electron chi connectivity index (χ0n) is 15.4. The Hall–Kier alpha value is -2.53. The first-order chi connectivity index (χ1) is 13.3. The second-order valence-corrected chi connectivity index (χ2v) is 6.12. The molecule has 0 N–H and O–H groups in total. The molecule has 0 fully saturated rings. The number of carbonyl (C=O) groups excluding carboxylic acids is 1. The second kappa shape index (κ2) is 10.6. The van der Waals surface area contributed by atoms with Gasteiger partial charge in [0.25, 0.3) is 0 Å². The summed E-state index contributed by atoms with van der Waals surface area (Å²) < 4.78 is 22.7. The normalized spacial score (nSPS) is 18.5. The van der Waals surface area contributed by atoms with Gasteiger partial charge < -0.3 is 23.8 Å². The third-order valence-corrected chi connectivity index (χ3v) is 4.19. The molecule has 0 atom stereocenters. The molecule has 3 rings (SSSR count). The van der Waals surface area contributed by atoms with E-state index in [2.05, 4.69) is 5.73 Å². The first-order valence-corrected chi connectivity index (χ1v) is 9.23. The van der Waals surface area contributed by atoms with Crippen molar-refractivity contribution in [3.8, 4) is 11.5 Å². The van der Waals surface area contributed by atoms with Gasteiger partial charge in [-0.1, -0.05) is 24.3 Å². The summed E-state index contributed by atoms with van der Waals surface area (Å²) in [5, 5.41) is 0. The van der Waals surface area contributed by atoms with Gasteiger partial charge in [0, 0.05) is 18.7 Å². The van der Waals surface area contributed by atoms with Crippen LogP contribution < -0.4 is 9.47 Å². The molecule has 6 heteroatoms. The van der Waals surface area contributed by atoms with E-state index < -0.39 is 0 Å². The lowest BCUT2D eigenvalue weighted by molar-refractivity contribution is -0.132. The van der Waals surface area contributed by atoms with Crippen molar-refractivity contribution in [2.45, 2.75) is 6.42 Å². The number of nitrogens with zero attached hydrogens (tertiary/aromatic N) is 1. The number of benzene rings is 1. The van der Waals surface area contributed by atoms with Gasteiger partial charge in [0.1, 0.15) is 13.2 Å². The summed E-state index contributed by atoms with van der Waals surface area (Å²) in [4.78, 5) is 14.3. The molecule has 0 bridgehead atoms. The van der Waals surface area contributed by atoms with E-state index in [1.54, 1.807) is 4.90 Å². The molecule has 2 aliphatic rings. The Labute approximate surface area is 159 Å². The Morgan fingerprint density at radius 1 is 0.926 bits per heavy atom. The average Bonchev–Trinajstić information content (AvgIpc) is 3.18. The van der Waals surface area contributed by atoms with E-state index in [9.17, 15) is 4.79 Å². The number of hydrogen-bond donors (Lipinski definition) is 0. The van der Waals surface area contributed by atoms with E-state index >= 15 is 0 Å². The number of fused-ring (bicyclic) bond motifs is 1. The summed E-state index contributed by atoms with van der Waals surface area (Å²) in [6.07, 6.45) is 5.96. The highest BCUT2D eigenvalue weighted by Gasteiger charge is 2.15. The van der Waals surface area contributed by atoms with Crippen LogP contribution in [-0.4, -0.2) is 63.5 Å². The summed E-state index contributed by atoms with van der Waals surface area (Å²) in [6, 6.07) is 7.55. The smallest absolute Gasteiger partial charge is 0.227 e. The van der Waals surface area contributed by atoms with Crippen molar-refractivity contribution in [3.63, 3.8) is 0 Å². The predicted octanol–water partition coefficient (Wildman–Crippen LogP) is 2.36. The minimum Gasteiger partial charge on any atom is -0.487 e. The van der Waals surface area contributed by atoms with Crippen LogP contribution in [0.3, 0.4) is 0 Å². The standard InChI is InChI=1S/C21H25NO5/c23-21(17-18-5-1-2-6-18)22-9-11-24-13-15-26-19-7-3-4-8-20(19)27-16-14-25-12-10-22/h1-5,7-8H,9-17H2. The lowest BCUT2D eigenvalue weighted by atomic mass is 10.2. The molecule has 1 aliphatic carbocycles. The summed E-state index contributed by atoms with van der Waals surface area (Å²) in [7, 11) is 0. The molecule has 0 spiro atoms. The molecule has 1 aromatic carbocycles. The maximum Gasteiger partial charge on any atom is 0.227 e. The zero-order valence-corrected chi connectivity index (χ0v) is 15.4. The van der Waals surface area contributed by atoms with Crippen LogP contribution in [0.1, 0.15) is 6.42 Å². The topological polar surface area (TPSA) is 57.2 Å². The van der Waals surface area contributed by atoms with Crippen molar-refractivity contribution in [3.05, 3.63) is 53.8 Å². The highest BCUT2D eigenvalue weighted by molar-refractivity contribution is 5.79. The lowest BCUT2D eigenvalue weighted by Crippen LogP contribution is -2.37. The predicted molar refractivity (Wildman–Crippen MR) is 101 cm³/mol. The fraction of sp³-hybridized carbons (Fsp3) is 0.429. The van der Waals surface area contributed by atoms with Gasteiger partial charge in [-0.3, -0.25) is 4.79 Å². The molecule has 0 unspecified atom stereocenters. The van der Waals surface area contributed by atoms with E-state index in [1.807, 2.05) is 42.5 Å². The van der Waals surface area contributed by atoms with Crippen molar-refractivity contribution in [2.24, 2.45) is 0 Å². The van der Waals surface area contributed by atoms with Crippen molar-refractivity contribution >= 4 is 5.91 Å². The van der Waals surface area contributed by atoms with Crippen LogP contribution >= 0.6 is 0 Å². The molecule has 1 heterocycles. The molecule has 27 heavy (non-hydrogen) atoms. The Bertz CT molecular complexity index is 686. The van der Waals surface area contributed by atoms with Gasteiger partial charge in [-0.05, 0) is 18.2 Å². The van der Waals surface area contributed by atoms with Crippen LogP contribution in [0.5, 0.6) is 11.5 Å². The monoisotopic (exact) mass is 371 g/mol. The Morgan fingerprint density at radius 2 is 1.56 bits per heavy atom. The van der Waals surface area contributed by atoms with Crippen molar-refractivity contribution in [1.29, 1.82) is 0 Å². The van der Waals surface area contributed by atoms with Gasteiger partial charge in [-0.15, -0.1) is 5.73 Å². The summed E-state index contributed by atoms with van der Waals surface area (Å²) in [6.45, 7) is 3.70. The Balaban J connectivity index is 1.53. The maximum atomic E-state index is 12.6. The van der Waals surface area contributed by atoms with E-state index in [4.69, 9.17) is 18.9 Å². The molecule has 0 radical (unpaired) electrons. The minimum absolute atomic E-state index is 0.0499. The molecular formula is C21H25NO5. The molecule has 0 saturated carbocycles. The van der Waals surface area contributed by atoms with Gasteiger partial charge in [-0.25, -0.2) is 0 Å². The van der Waals surface area contributed by atoms with Crippen molar-refractivity contribution < 1.29 is 23.7 Å². The van der Waals surface area contributed by atoms with E-state index in [1.165, 1.54) is 0 Å². The zero-order chi connectivity index (χ0) is 18.7. The SMILES string of the molecule is O=C(CC1=C=CC=C1)N1CCOCCOc2ccccc2OCCOCC1. The Morgan fingerprint density at radius 3 is 2.11 bits per heavy atom. The Kier molecular flexibility index (Phi) is 7.54. The van der Waals surface area contributed by atoms with E-state index in [0.29, 0.717) is 70.7 Å². The largest absolute Gasteiger partial charge is 0.487 e. The number of carbonyl (C=O) groups is 1. The van der Waals surface area contributed by atoms with Crippen LogP contribution in [0.2, 0.25) is 0 Å². The molecule has 0 saturated heterocycles. The number of para-hydroxylation sites is 2. The van der Waals surface area contributed by atoms with E-state index in [0.717, 1.165) is 5.57 Å². The van der Waals surface area contributed by atoms with Gasteiger partial charge in [0.15, 0.2) is 11.5 Å². The third kappa shape index (κ3) is 6.29. The molecule has 6 nitrogen and oxygen atoms in total. The number of rotatable bonds is 2. The third-order valence-electron chi connectivity index (χ3n) is 4.19. The lowest BCUT2D eigenvalue weighted by Gasteiger charge is -2.22. The number of allylic oxidation sites excluding steroid dienone is 2. The highest BCUT2D eigenvalue weighted by atomic mass is 16.6. The van der Waals surface area contributed by atoms with E-state index in [-0.39, 0.29) is 5.91 Å². The van der Waals surface area contributed by atoms with Crippen LogP contribution in [0.15, 0.2) is 53.8 Å². The molecule has 1 aromatic rings. The first kappa shape index (κ1) is 19.2. The molecule has 1 aliphatic heterocycles. The number of amides is 1. The van der Waals surface area contributed by atoms with Crippen LogP contribution in [0.4, 0.5) is 0 Å². The molecule has 144 valence electrons. The fourth-order valence-electron chi connectivity index (χ4n) is 2.78. The number of ether oxygens (including phenoxy) is 4. The van der Waals surface area contributed by atoms with Crippen molar-refractivity contribution in [2.75, 3.05) is 52.7 Å². The molecular weight excluding hydrogens is 346 g/mol. The highest BCUT2D eigenvalue weighted by Crippen LogP contribution is 2.26. The van der Waals surface area contributed by atoms with Gasteiger partial charge in [-0.2, -0.15) is 0 Å². The summed E-state index contributed by atoms with van der Waals surface area (Å²) in [5.74, 6) is 1.44. The minimum atomic E-state index is 0.0499. The molecule has 0 aromatic heterocycles. The first-order valence-electron chi connectivity index (χ1n) is 9.23. The number of hydrogen-bond acceptors (Lipinski definition) is 5. The van der Waals surface area contributed by atoms with Crippen LogP contribution in [0.25, 0.3) is 0 Å². The van der Waals surface area contributed by atoms with Crippen molar-refractivity contribution in [1.82, 2.24) is 4.90 Å². The quantitative estimate of drug-likeness (QED) is 0.747. The van der Waals surface area contributed by atoms with Gasteiger partial charge in [0.2, 0.25) is 5.91 Å². The van der Waals surface area contributed by atoms with Gasteiger partial charge in [0.05, 0.1) is 32.8 Å². The fourth-order valence-corrected chi connectivity index (χ4v) is 2.78. The average molecular weight is 371 g/mol. The molecule has 1 amide bonds. The summed E-state index contributed by atoms with van der Waals surface area (Å²) in [5.41, 5.74) is 3.96.